The number of carbonyl (C=O) groups is 1. The van der Waals surface area contributed by atoms with Gasteiger partial charge in [-0.3, -0.25) is 4.79 Å². The van der Waals surface area contributed by atoms with E-state index in [1.165, 1.54) is 11.3 Å². The molecule has 1 saturated carbocycles. The van der Waals surface area contributed by atoms with Crippen LogP contribution in [0.5, 0.6) is 0 Å². The molecule has 1 N–H and O–H groups in total. The van der Waals surface area contributed by atoms with Crippen LogP contribution in [0.15, 0.2) is 0 Å². The first-order valence-corrected chi connectivity index (χ1v) is 6.94. The van der Waals surface area contributed by atoms with Crippen molar-refractivity contribution in [2.45, 2.75) is 23.0 Å². The highest BCUT2D eigenvalue weighted by Crippen LogP contribution is 2.56. The molecular weight excluding hydrogens is 346 g/mol. The normalized spacial score (nSPS) is 22.5. The van der Waals surface area contributed by atoms with Crippen LogP contribution in [0.25, 0.3) is 0 Å². The lowest BCUT2D eigenvalue weighted by atomic mass is 10.4. The summed E-state index contributed by atoms with van der Waals surface area (Å²) in [6.07, 6.45) is 1.65. The standard InChI is InChI=1S/C8H9Br2N3OS/c1-2-5-12-13-7(15-5)11-6(14)4-3-8(4,9)10/h4H,2-3H2,1H3,(H,11,13,14). The zero-order valence-electron chi connectivity index (χ0n) is 7.96. The van der Waals surface area contributed by atoms with E-state index in [0.717, 1.165) is 17.8 Å². The van der Waals surface area contributed by atoms with Crippen LogP contribution >= 0.6 is 43.2 Å². The minimum absolute atomic E-state index is 0.0115. The van der Waals surface area contributed by atoms with Crippen LogP contribution in [0, 0.1) is 5.92 Å². The third kappa shape index (κ3) is 2.57. The predicted octanol–water partition coefficient (Wildman–Crippen LogP) is 2.55. The van der Waals surface area contributed by atoms with Gasteiger partial charge in [0.25, 0.3) is 0 Å². The molecule has 0 aromatic carbocycles. The average molecular weight is 355 g/mol. The van der Waals surface area contributed by atoms with Gasteiger partial charge in [0, 0.05) is 0 Å². The largest absolute Gasteiger partial charge is 0.300 e. The molecule has 15 heavy (non-hydrogen) atoms. The Balaban J connectivity index is 1.95. The Labute approximate surface area is 108 Å². The maximum absolute atomic E-state index is 11.7. The zero-order valence-corrected chi connectivity index (χ0v) is 11.9. The number of aromatic nitrogens is 2. The lowest BCUT2D eigenvalue weighted by Crippen LogP contribution is -2.16. The minimum atomic E-state index is -0.206. The molecule has 0 bridgehead atoms. The highest BCUT2D eigenvalue weighted by molar-refractivity contribution is 9.25. The number of aryl methyl sites for hydroxylation is 1. The first kappa shape index (κ1) is 11.5. The Bertz CT molecular complexity index is 393. The Morgan fingerprint density at radius 1 is 1.67 bits per heavy atom. The van der Waals surface area contributed by atoms with E-state index in [-0.39, 0.29) is 15.1 Å². The number of halogens is 2. The molecule has 2 rings (SSSR count). The summed E-state index contributed by atoms with van der Waals surface area (Å²) in [5.41, 5.74) is 0. The lowest BCUT2D eigenvalue weighted by molar-refractivity contribution is -0.117. The van der Waals surface area contributed by atoms with Crippen molar-refractivity contribution in [2.75, 3.05) is 5.32 Å². The molecular formula is C8H9Br2N3OS. The van der Waals surface area contributed by atoms with Gasteiger partial charge in [0.15, 0.2) is 0 Å². The van der Waals surface area contributed by atoms with Crippen LogP contribution in [-0.2, 0) is 11.2 Å². The molecule has 7 heteroatoms. The fourth-order valence-electron chi connectivity index (χ4n) is 1.14. The van der Waals surface area contributed by atoms with Crippen molar-refractivity contribution >= 4 is 54.2 Å². The zero-order chi connectivity index (χ0) is 11.1. The summed E-state index contributed by atoms with van der Waals surface area (Å²) in [6.45, 7) is 2.01. The van der Waals surface area contributed by atoms with Gasteiger partial charge in [0.1, 0.15) is 5.01 Å². The summed E-state index contributed by atoms with van der Waals surface area (Å²) in [5.74, 6) is -0.0333. The molecule has 1 amide bonds. The highest BCUT2D eigenvalue weighted by atomic mass is 79.9. The molecule has 1 aromatic heterocycles. The number of amides is 1. The predicted molar refractivity (Wildman–Crippen MR) is 66.6 cm³/mol. The number of hydrogen-bond donors (Lipinski definition) is 1. The summed E-state index contributed by atoms with van der Waals surface area (Å²) >= 11 is 8.24. The van der Waals surface area contributed by atoms with E-state index >= 15 is 0 Å². The molecule has 0 radical (unpaired) electrons. The van der Waals surface area contributed by atoms with Crippen LogP contribution in [0.3, 0.4) is 0 Å². The van der Waals surface area contributed by atoms with E-state index in [4.69, 9.17) is 0 Å². The third-order valence-electron chi connectivity index (χ3n) is 2.14. The molecule has 1 aromatic rings. The van der Waals surface area contributed by atoms with E-state index in [1.54, 1.807) is 0 Å². The molecule has 4 nitrogen and oxygen atoms in total. The maximum Gasteiger partial charge on any atom is 0.231 e. The van der Waals surface area contributed by atoms with Gasteiger partial charge in [-0.2, -0.15) is 0 Å². The number of alkyl halides is 2. The van der Waals surface area contributed by atoms with Gasteiger partial charge in [-0.15, -0.1) is 10.2 Å². The van der Waals surface area contributed by atoms with Crippen molar-refractivity contribution in [3.05, 3.63) is 5.01 Å². The molecule has 1 heterocycles. The molecule has 1 unspecified atom stereocenters. The van der Waals surface area contributed by atoms with Gasteiger partial charge >= 0.3 is 0 Å². The summed E-state index contributed by atoms with van der Waals surface area (Å²) < 4.78 is -0.206. The molecule has 0 saturated heterocycles. The molecule has 1 aliphatic carbocycles. The lowest BCUT2D eigenvalue weighted by Gasteiger charge is -1.99. The van der Waals surface area contributed by atoms with Crippen LogP contribution in [0.4, 0.5) is 5.13 Å². The van der Waals surface area contributed by atoms with Crippen LogP contribution < -0.4 is 5.32 Å². The Morgan fingerprint density at radius 2 is 2.33 bits per heavy atom. The second kappa shape index (κ2) is 4.10. The molecule has 1 atom stereocenters. The molecule has 1 fully saturated rings. The van der Waals surface area contributed by atoms with Crippen LogP contribution in [-0.4, -0.2) is 19.3 Å². The SMILES string of the molecule is CCc1nnc(NC(=O)C2CC2(Br)Br)s1. The number of rotatable bonds is 3. The van der Waals surface area contributed by atoms with Crippen molar-refractivity contribution in [1.29, 1.82) is 0 Å². The number of hydrogen-bond acceptors (Lipinski definition) is 4. The van der Waals surface area contributed by atoms with Gasteiger partial charge < -0.3 is 5.32 Å². The highest BCUT2D eigenvalue weighted by Gasteiger charge is 2.55. The fourth-order valence-corrected chi connectivity index (χ4v) is 2.88. The molecule has 1 aliphatic rings. The second-order valence-corrected chi connectivity index (χ2v) is 8.32. The molecule has 0 spiro atoms. The Kier molecular flexibility index (Phi) is 3.14. The quantitative estimate of drug-likeness (QED) is 0.848. The number of nitrogens with one attached hydrogen (secondary N) is 1. The third-order valence-corrected chi connectivity index (χ3v) is 4.88. The summed E-state index contributed by atoms with van der Waals surface area (Å²) in [6, 6.07) is 0. The van der Waals surface area contributed by atoms with Gasteiger partial charge in [0.2, 0.25) is 11.0 Å². The smallest absolute Gasteiger partial charge is 0.231 e. The molecule has 0 aliphatic heterocycles. The van der Waals surface area contributed by atoms with Gasteiger partial charge in [-0.05, 0) is 12.8 Å². The van der Waals surface area contributed by atoms with Crippen molar-refractivity contribution < 1.29 is 4.79 Å². The van der Waals surface area contributed by atoms with Crippen molar-refractivity contribution in [1.82, 2.24) is 10.2 Å². The second-order valence-electron chi connectivity index (χ2n) is 3.36. The number of carbonyl (C=O) groups excluding carboxylic acids is 1. The fraction of sp³-hybridized carbons (Fsp3) is 0.625. The topological polar surface area (TPSA) is 54.9 Å². The van der Waals surface area contributed by atoms with Crippen molar-refractivity contribution in [2.24, 2.45) is 5.92 Å². The monoisotopic (exact) mass is 353 g/mol. The van der Waals surface area contributed by atoms with Gasteiger partial charge in [-0.1, -0.05) is 50.1 Å². The van der Waals surface area contributed by atoms with E-state index in [2.05, 4.69) is 47.4 Å². The van der Waals surface area contributed by atoms with E-state index < -0.39 is 0 Å². The van der Waals surface area contributed by atoms with Crippen molar-refractivity contribution in [3.8, 4) is 0 Å². The van der Waals surface area contributed by atoms with Gasteiger partial charge in [-0.25, -0.2) is 0 Å². The summed E-state index contributed by atoms with van der Waals surface area (Å²) in [7, 11) is 0. The van der Waals surface area contributed by atoms with Crippen molar-refractivity contribution in [3.63, 3.8) is 0 Å². The summed E-state index contributed by atoms with van der Waals surface area (Å²) in [5, 5.41) is 12.1. The number of nitrogens with zero attached hydrogens (tertiary/aromatic N) is 2. The first-order valence-electron chi connectivity index (χ1n) is 4.54. The van der Waals surface area contributed by atoms with Gasteiger partial charge in [0.05, 0.1) is 9.15 Å². The van der Waals surface area contributed by atoms with E-state index in [0.29, 0.717) is 5.13 Å². The maximum atomic E-state index is 11.7. The average Bonchev–Trinajstić information content (AvgIpc) is 2.62. The van der Waals surface area contributed by atoms with E-state index in [9.17, 15) is 4.79 Å². The number of anilines is 1. The first-order chi connectivity index (χ1) is 7.03. The van der Waals surface area contributed by atoms with E-state index in [1.807, 2.05) is 6.92 Å². The minimum Gasteiger partial charge on any atom is -0.300 e. The Hall–Kier alpha value is -0.0100. The van der Waals surface area contributed by atoms with Crippen LogP contribution in [0.1, 0.15) is 18.4 Å². The molecule has 82 valence electrons. The van der Waals surface area contributed by atoms with Crippen LogP contribution in [0.2, 0.25) is 0 Å². The summed E-state index contributed by atoms with van der Waals surface area (Å²) in [4.78, 5) is 11.7. The Morgan fingerprint density at radius 3 is 2.80 bits per heavy atom.